The number of carbonyl (C=O) groups excluding carboxylic acids is 2. The average molecular weight is 470 g/mol. The van der Waals surface area contributed by atoms with Crippen molar-refractivity contribution in [1.29, 1.82) is 0 Å². The van der Waals surface area contributed by atoms with Crippen LogP contribution in [0.3, 0.4) is 0 Å². The Morgan fingerprint density at radius 2 is 1.93 bits per heavy atom. The number of anilines is 1. The van der Waals surface area contributed by atoms with E-state index < -0.39 is 0 Å². The third-order valence-electron chi connectivity index (χ3n) is 3.95. The molecule has 0 aliphatic heterocycles. The topological polar surface area (TPSA) is 76.7 Å². The number of rotatable bonds is 9. The molecule has 2 N–H and O–H groups in total. The molecule has 8 heteroatoms. The van der Waals surface area contributed by atoms with Crippen LogP contribution in [0.4, 0.5) is 5.69 Å². The third-order valence-corrected chi connectivity index (χ3v) is 4.88. The van der Waals surface area contributed by atoms with E-state index >= 15 is 0 Å². The first kappa shape index (κ1) is 22.2. The molecule has 0 aliphatic rings. The van der Waals surface area contributed by atoms with E-state index in [9.17, 15) is 9.59 Å². The fraction of sp³-hybridized carbons (Fsp3) is 0.300. The number of nitrogens with one attached hydrogen (secondary N) is 2. The van der Waals surface area contributed by atoms with Gasteiger partial charge >= 0.3 is 0 Å². The summed E-state index contributed by atoms with van der Waals surface area (Å²) >= 11 is 9.61. The summed E-state index contributed by atoms with van der Waals surface area (Å²) in [5.41, 5.74) is 1.90. The highest BCUT2D eigenvalue weighted by molar-refractivity contribution is 9.10. The van der Waals surface area contributed by atoms with Gasteiger partial charge in [0, 0.05) is 25.8 Å². The lowest BCUT2D eigenvalue weighted by molar-refractivity contribution is -0.116. The first-order chi connectivity index (χ1) is 13.4. The molecule has 2 rings (SSSR count). The molecule has 0 aromatic heterocycles. The summed E-state index contributed by atoms with van der Waals surface area (Å²) in [4.78, 5) is 24.3. The Labute approximate surface area is 177 Å². The quantitative estimate of drug-likeness (QED) is 0.543. The molecule has 0 heterocycles. The van der Waals surface area contributed by atoms with Crippen LogP contribution in [-0.2, 0) is 16.0 Å². The van der Waals surface area contributed by atoms with Crippen LogP contribution in [0.5, 0.6) is 5.75 Å². The van der Waals surface area contributed by atoms with Crippen molar-refractivity contribution in [1.82, 2.24) is 5.32 Å². The van der Waals surface area contributed by atoms with Crippen molar-refractivity contribution in [2.45, 2.75) is 12.8 Å². The van der Waals surface area contributed by atoms with E-state index in [0.717, 1.165) is 15.8 Å². The van der Waals surface area contributed by atoms with E-state index in [-0.39, 0.29) is 16.8 Å². The van der Waals surface area contributed by atoms with Gasteiger partial charge in [-0.25, -0.2) is 0 Å². The minimum atomic E-state index is -0.287. The molecule has 0 spiro atoms. The monoisotopic (exact) mass is 468 g/mol. The summed E-state index contributed by atoms with van der Waals surface area (Å²) in [6.45, 7) is 0.813. The minimum absolute atomic E-state index is 0.139. The molecule has 2 aromatic rings. The number of amides is 2. The molecule has 0 radical (unpaired) electrons. The molecule has 0 bridgehead atoms. The van der Waals surface area contributed by atoms with Gasteiger partial charge in [0.15, 0.2) is 0 Å². The molecular formula is C20H22BrClN2O4. The van der Waals surface area contributed by atoms with E-state index in [0.29, 0.717) is 37.2 Å². The summed E-state index contributed by atoms with van der Waals surface area (Å²) in [5, 5.41) is 5.77. The van der Waals surface area contributed by atoms with Gasteiger partial charge < -0.3 is 20.1 Å². The molecule has 0 unspecified atom stereocenters. The number of halogens is 2. The van der Waals surface area contributed by atoms with E-state index in [2.05, 4.69) is 26.6 Å². The Morgan fingerprint density at radius 1 is 1.14 bits per heavy atom. The number of ether oxygens (including phenoxy) is 2. The normalized spacial score (nSPS) is 10.4. The maximum Gasteiger partial charge on any atom is 0.252 e. The summed E-state index contributed by atoms with van der Waals surface area (Å²) in [5.74, 6) is 0.319. The Morgan fingerprint density at radius 3 is 2.57 bits per heavy atom. The fourth-order valence-corrected chi connectivity index (χ4v) is 3.34. The van der Waals surface area contributed by atoms with Crippen molar-refractivity contribution in [3.05, 3.63) is 57.0 Å². The molecule has 0 saturated heterocycles. The second kappa shape index (κ2) is 11.0. The number of benzene rings is 2. The predicted molar refractivity (Wildman–Crippen MR) is 113 cm³/mol. The Bertz CT molecular complexity index is 845. The minimum Gasteiger partial charge on any atom is -0.496 e. The lowest BCUT2D eigenvalue weighted by atomic mass is 10.1. The Kier molecular flexibility index (Phi) is 8.76. The highest BCUT2D eigenvalue weighted by Crippen LogP contribution is 2.26. The van der Waals surface area contributed by atoms with Gasteiger partial charge in [-0.2, -0.15) is 0 Å². The maximum absolute atomic E-state index is 12.2. The third kappa shape index (κ3) is 6.51. The molecule has 0 atom stereocenters. The van der Waals surface area contributed by atoms with Crippen molar-refractivity contribution < 1.29 is 19.1 Å². The van der Waals surface area contributed by atoms with Crippen LogP contribution in [0.1, 0.15) is 22.3 Å². The fourth-order valence-electron chi connectivity index (χ4n) is 2.49. The smallest absolute Gasteiger partial charge is 0.252 e. The second-order valence-electron chi connectivity index (χ2n) is 5.96. The lowest BCUT2D eigenvalue weighted by Gasteiger charge is -2.10. The molecule has 2 aromatic carbocycles. The standard InChI is InChI=1S/C20H22BrClN2O4/c1-27-10-9-23-20(26)15-6-5-14(12-17(15)22)24-19(25)8-4-13-3-7-18(28-2)16(21)11-13/h3,5-7,11-12H,4,8-10H2,1-2H3,(H,23,26)(H,24,25). The lowest BCUT2D eigenvalue weighted by Crippen LogP contribution is -2.27. The highest BCUT2D eigenvalue weighted by atomic mass is 79.9. The molecule has 2 amide bonds. The average Bonchev–Trinajstić information content (AvgIpc) is 2.66. The van der Waals surface area contributed by atoms with E-state index in [1.165, 1.54) is 0 Å². The van der Waals surface area contributed by atoms with Gasteiger partial charge in [-0.05, 0) is 58.2 Å². The second-order valence-corrected chi connectivity index (χ2v) is 7.22. The summed E-state index contributed by atoms with van der Waals surface area (Å²) in [7, 11) is 3.16. The van der Waals surface area contributed by atoms with Crippen LogP contribution in [0.25, 0.3) is 0 Å². The molecule has 0 saturated carbocycles. The zero-order chi connectivity index (χ0) is 20.5. The van der Waals surface area contributed by atoms with Crippen molar-refractivity contribution in [3.8, 4) is 5.75 Å². The molecular weight excluding hydrogens is 448 g/mol. The van der Waals surface area contributed by atoms with E-state index in [1.807, 2.05) is 18.2 Å². The van der Waals surface area contributed by atoms with Gasteiger partial charge in [-0.15, -0.1) is 0 Å². The SMILES string of the molecule is COCCNC(=O)c1ccc(NC(=O)CCc2ccc(OC)c(Br)c2)cc1Cl. The zero-order valence-corrected chi connectivity index (χ0v) is 18.0. The van der Waals surface area contributed by atoms with Crippen molar-refractivity contribution >= 4 is 45.0 Å². The summed E-state index contributed by atoms with van der Waals surface area (Å²) < 4.78 is 10.9. The zero-order valence-electron chi connectivity index (χ0n) is 15.7. The van der Waals surface area contributed by atoms with Crippen LogP contribution < -0.4 is 15.4 Å². The molecule has 0 fully saturated rings. The van der Waals surface area contributed by atoms with Gasteiger partial charge in [0.05, 0.1) is 28.8 Å². The molecule has 6 nitrogen and oxygen atoms in total. The van der Waals surface area contributed by atoms with Crippen LogP contribution in [-0.4, -0.2) is 39.2 Å². The van der Waals surface area contributed by atoms with Gasteiger partial charge in [0.25, 0.3) is 5.91 Å². The van der Waals surface area contributed by atoms with Gasteiger partial charge in [-0.1, -0.05) is 17.7 Å². The Balaban J connectivity index is 1.90. The predicted octanol–water partition coefficient (Wildman–Crippen LogP) is 4.06. The van der Waals surface area contributed by atoms with Crippen molar-refractivity contribution in [2.24, 2.45) is 0 Å². The number of carbonyl (C=O) groups is 2. The van der Waals surface area contributed by atoms with Crippen molar-refractivity contribution in [2.75, 3.05) is 32.7 Å². The highest BCUT2D eigenvalue weighted by Gasteiger charge is 2.12. The maximum atomic E-state index is 12.2. The van der Waals surface area contributed by atoms with Crippen LogP contribution in [0, 0.1) is 0 Å². The number of aryl methyl sites for hydroxylation is 1. The van der Waals surface area contributed by atoms with Crippen molar-refractivity contribution in [3.63, 3.8) is 0 Å². The van der Waals surface area contributed by atoms with Gasteiger partial charge in [0.2, 0.25) is 5.91 Å². The van der Waals surface area contributed by atoms with Gasteiger partial charge in [-0.3, -0.25) is 9.59 Å². The Hall–Kier alpha value is -2.09. The van der Waals surface area contributed by atoms with E-state index in [4.69, 9.17) is 21.1 Å². The first-order valence-electron chi connectivity index (χ1n) is 8.63. The largest absolute Gasteiger partial charge is 0.496 e. The van der Waals surface area contributed by atoms with Gasteiger partial charge in [0.1, 0.15) is 5.75 Å². The van der Waals surface area contributed by atoms with Crippen LogP contribution >= 0.6 is 27.5 Å². The van der Waals surface area contributed by atoms with Crippen LogP contribution in [0.15, 0.2) is 40.9 Å². The van der Waals surface area contributed by atoms with E-state index in [1.54, 1.807) is 32.4 Å². The first-order valence-corrected chi connectivity index (χ1v) is 9.80. The number of hydrogen-bond donors (Lipinski definition) is 2. The van der Waals surface area contributed by atoms with Crippen LogP contribution in [0.2, 0.25) is 5.02 Å². The molecule has 150 valence electrons. The number of hydrogen-bond acceptors (Lipinski definition) is 4. The molecule has 28 heavy (non-hydrogen) atoms. The molecule has 0 aliphatic carbocycles. The summed E-state index contributed by atoms with van der Waals surface area (Å²) in [6.07, 6.45) is 0.901. The number of methoxy groups -OCH3 is 2. The summed E-state index contributed by atoms with van der Waals surface area (Å²) in [6, 6.07) is 10.5.